The van der Waals surface area contributed by atoms with Gasteiger partial charge in [0.2, 0.25) is 5.91 Å². The van der Waals surface area contributed by atoms with Gasteiger partial charge in [-0.2, -0.15) is 0 Å². The van der Waals surface area contributed by atoms with Crippen LogP contribution in [0.4, 0.5) is 5.82 Å². The normalized spacial score (nSPS) is 26.9. The molecule has 7 rings (SSSR count). The summed E-state index contributed by atoms with van der Waals surface area (Å²) in [4.78, 5) is 18.0. The summed E-state index contributed by atoms with van der Waals surface area (Å²) in [5.74, 6) is 2.85. The monoisotopic (exact) mass is 496 g/mol. The van der Waals surface area contributed by atoms with Crippen molar-refractivity contribution in [3.8, 4) is 0 Å². The Morgan fingerprint density at radius 3 is 2.41 bits per heavy atom. The number of hydrogen-bond donors (Lipinski definition) is 3. The van der Waals surface area contributed by atoms with Crippen molar-refractivity contribution in [2.75, 3.05) is 18.4 Å². The van der Waals surface area contributed by atoms with Crippen molar-refractivity contribution < 1.29 is 4.79 Å². The van der Waals surface area contributed by atoms with Crippen molar-refractivity contribution in [1.82, 2.24) is 10.3 Å². The van der Waals surface area contributed by atoms with Gasteiger partial charge in [-0.25, -0.2) is 4.98 Å². The Morgan fingerprint density at radius 1 is 0.973 bits per heavy atom. The fourth-order valence-electron chi connectivity index (χ4n) is 8.31. The molecule has 4 saturated carbocycles. The van der Waals surface area contributed by atoms with E-state index in [1.165, 1.54) is 30.4 Å². The lowest BCUT2D eigenvalue weighted by atomic mass is 9.45. The maximum atomic E-state index is 13.0. The molecule has 1 amide bonds. The molecular formula is C32H40N4O. The molecule has 5 nitrogen and oxygen atoms in total. The Balaban J connectivity index is 1.13. The van der Waals surface area contributed by atoms with Crippen LogP contribution in [-0.2, 0) is 11.3 Å². The number of nitrogens with one attached hydrogen (secondary N) is 2. The van der Waals surface area contributed by atoms with E-state index in [4.69, 9.17) is 10.7 Å². The lowest BCUT2D eigenvalue weighted by molar-refractivity contribution is -0.130. The van der Waals surface area contributed by atoms with Gasteiger partial charge in [-0.05, 0) is 116 Å². The van der Waals surface area contributed by atoms with Crippen molar-refractivity contribution in [3.63, 3.8) is 0 Å². The van der Waals surface area contributed by atoms with Crippen molar-refractivity contribution >= 4 is 22.6 Å². The standard InChI is InChI=1S/C32H40N4O/c1-21-6-2-3-7-25(21)20-34-12-5-13-35-29-11-10-26-27(8-4-9-28(26)36-29)30(31(33)37)32-17-22-14-23(18-32)16-24(15-22)19-32/h2-4,6-11,22-24,30,34H,5,12-20H2,1H3,(H2,33,37)(H,35,36). The summed E-state index contributed by atoms with van der Waals surface area (Å²) in [6, 6.07) is 19.0. The minimum absolute atomic E-state index is 0.0388. The van der Waals surface area contributed by atoms with Gasteiger partial charge in [-0.3, -0.25) is 4.79 Å². The Kier molecular flexibility index (Phi) is 6.66. The zero-order chi connectivity index (χ0) is 25.4. The second kappa shape index (κ2) is 10.1. The van der Waals surface area contributed by atoms with Crippen LogP contribution in [-0.4, -0.2) is 24.0 Å². The lowest BCUT2D eigenvalue weighted by Crippen LogP contribution is -2.51. The number of nitrogens with two attached hydrogens (primary N) is 1. The van der Waals surface area contributed by atoms with Crippen LogP contribution in [0.15, 0.2) is 54.6 Å². The Hall–Kier alpha value is -2.92. The number of benzene rings is 2. The molecule has 2 aromatic carbocycles. The molecule has 1 aromatic heterocycles. The topological polar surface area (TPSA) is 80.0 Å². The molecule has 0 aliphatic heterocycles. The first-order valence-corrected chi connectivity index (χ1v) is 14.2. The largest absolute Gasteiger partial charge is 0.370 e. The smallest absolute Gasteiger partial charge is 0.225 e. The number of hydrogen-bond acceptors (Lipinski definition) is 4. The van der Waals surface area contributed by atoms with Crippen molar-refractivity contribution in [2.45, 2.75) is 64.3 Å². The zero-order valence-electron chi connectivity index (χ0n) is 22.0. The van der Waals surface area contributed by atoms with Gasteiger partial charge in [0.1, 0.15) is 5.82 Å². The second-order valence-corrected chi connectivity index (χ2v) is 12.1. The summed E-state index contributed by atoms with van der Waals surface area (Å²) in [5.41, 5.74) is 10.9. The molecule has 194 valence electrons. The highest BCUT2D eigenvalue weighted by atomic mass is 16.1. The van der Waals surface area contributed by atoms with Gasteiger partial charge >= 0.3 is 0 Å². The van der Waals surface area contributed by atoms with Crippen LogP contribution < -0.4 is 16.4 Å². The third-order valence-electron chi connectivity index (χ3n) is 9.47. The van der Waals surface area contributed by atoms with Crippen LogP contribution in [0.3, 0.4) is 0 Å². The highest BCUT2D eigenvalue weighted by Gasteiger charge is 2.56. The highest BCUT2D eigenvalue weighted by Crippen LogP contribution is 2.64. The van der Waals surface area contributed by atoms with Crippen LogP contribution in [0.1, 0.15) is 67.6 Å². The van der Waals surface area contributed by atoms with Crippen LogP contribution in [0.2, 0.25) is 0 Å². The number of carbonyl (C=O) groups excluding carboxylic acids is 1. The van der Waals surface area contributed by atoms with Gasteiger partial charge in [-0.1, -0.05) is 36.4 Å². The van der Waals surface area contributed by atoms with Gasteiger partial charge < -0.3 is 16.4 Å². The number of rotatable bonds is 10. The fourth-order valence-corrected chi connectivity index (χ4v) is 8.31. The SMILES string of the molecule is Cc1ccccc1CNCCCNc1ccc2c(C(C(N)=O)C34CC5CC(CC(C5)C3)C4)cccc2n1. The van der Waals surface area contributed by atoms with Crippen molar-refractivity contribution in [2.24, 2.45) is 28.9 Å². The number of primary amides is 1. The molecule has 0 spiro atoms. The molecule has 1 atom stereocenters. The Bertz CT molecular complexity index is 1250. The number of aryl methyl sites for hydroxylation is 1. The highest BCUT2D eigenvalue weighted by molar-refractivity contribution is 5.92. The van der Waals surface area contributed by atoms with Gasteiger partial charge in [0.15, 0.2) is 0 Å². The molecule has 4 bridgehead atoms. The fraction of sp³-hybridized carbons (Fsp3) is 0.500. The van der Waals surface area contributed by atoms with Crippen LogP contribution in [0.25, 0.3) is 10.9 Å². The van der Waals surface area contributed by atoms with Crippen molar-refractivity contribution in [3.05, 3.63) is 71.3 Å². The van der Waals surface area contributed by atoms with Gasteiger partial charge in [0, 0.05) is 18.5 Å². The molecular weight excluding hydrogens is 456 g/mol. The van der Waals surface area contributed by atoms with Crippen LogP contribution in [0, 0.1) is 30.1 Å². The lowest BCUT2D eigenvalue weighted by Gasteiger charge is -2.59. The summed E-state index contributed by atoms with van der Waals surface area (Å²) in [7, 11) is 0. The number of anilines is 1. The Morgan fingerprint density at radius 2 is 1.70 bits per heavy atom. The Labute approximate surface area is 220 Å². The molecule has 0 radical (unpaired) electrons. The number of carbonyl (C=O) groups is 1. The minimum atomic E-state index is -0.218. The number of amides is 1. The molecule has 4 aliphatic rings. The van der Waals surface area contributed by atoms with E-state index in [0.717, 1.165) is 85.4 Å². The van der Waals surface area contributed by atoms with Gasteiger partial charge in [-0.15, -0.1) is 0 Å². The number of aromatic nitrogens is 1. The van der Waals surface area contributed by atoms with Crippen LogP contribution >= 0.6 is 0 Å². The van der Waals surface area contributed by atoms with E-state index in [1.54, 1.807) is 0 Å². The van der Waals surface area contributed by atoms with E-state index >= 15 is 0 Å². The molecule has 37 heavy (non-hydrogen) atoms. The van der Waals surface area contributed by atoms with E-state index in [1.807, 2.05) is 0 Å². The van der Waals surface area contributed by atoms with E-state index in [-0.39, 0.29) is 17.2 Å². The number of fused-ring (bicyclic) bond motifs is 1. The summed E-state index contributed by atoms with van der Waals surface area (Å²) < 4.78 is 0. The average molecular weight is 497 g/mol. The zero-order valence-corrected chi connectivity index (χ0v) is 22.0. The predicted octanol–water partition coefficient (Wildman–Crippen LogP) is 5.92. The molecule has 3 aromatic rings. The number of nitrogens with zero attached hydrogens (tertiary/aromatic N) is 1. The third-order valence-corrected chi connectivity index (χ3v) is 9.47. The summed E-state index contributed by atoms with van der Waals surface area (Å²) in [5, 5.41) is 8.10. The second-order valence-electron chi connectivity index (χ2n) is 12.1. The maximum Gasteiger partial charge on any atom is 0.225 e. The molecule has 4 fully saturated rings. The van der Waals surface area contributed by atoms with Gasteiger partial charge in [0.05, 0.1) is 11.4 Å². The van der Waals surface area contributed by atoms with Crippen molar-refractivity contribution in [1.29, 1.82) is 0 Å². The predicted molar refractivity (Wildman–Crippen MR) is 150 cm³/mol. The van der Waals surface area contributed by atoms with Crippen LogP contribution in [0.5, 0.6) is 0 Å². The van der Waals surface area contributed by atoms with E-state index in [9.17, 15) is 4.79 Å². The number of pyridine rings is 1. The molecule has 4 aliphatic carbocycles. The third kappa shape index (κ3) is 4.86. The molecule has 1 unspecified atom stereocenters. The first-order chi connectivity index (χ1) is 18.0. The molecule has 0 saturated heterocycles. The molecule has 5 heteroatoms. The summed E-state index contributed by atoms with van der Waals surface area (Å²) in [6.45, 7) is 4.86. The summed E-state index contributed by atoms with van der Waals surface area (Å²) >= 11 is 0. The maximum absolute atomic E-state index is 13.0. The van der Waals surface area contributed by atoms with E-state index in [2.05, 4.69) is 72.2 Å². The first kappa shape index (κ1) is 24.4. The van der Waals surface area contributed by atoms with E-state index < -0.39 is 0 Å². The molecule has 4 N–H and O–H groups in total. The average Bonchev–Trinajstić information content (AvgIpc) is 2.86. The quantitative estimate of drug-likeness (QED) is 0.304. The van der Waals surface area contributed by atoms with Gasteiger partial charge in [0.25, 0.3) is 0 Å². The van der Waals surface area contributed by atoms with E-state index in [0.29, 0.717) is 0 Å². The first-order valence-electron chi connectivity index (χ1n) is 14.2. The summed E-state index contributed by atoms with van der Waals surface area (Å²) in [6.07, 6.45) is 8.58. The minimum Gasteiger partial charge on any atom is -0.370 e. The molecule has 1 heterocycles.